The van der Waals surface area contributed by atoms with E-state index in [1.165, 1.54) is 18.8 Å². The predicted octanol–water partition coefficient (Wildman–Crippen LogP) is 2.14. The number of aliphatic hydroxyl groups is 1. The summed E-state index contributed by atoms with van der Waals surface area (Å²) in [6.45, 7) is 9.66. The number of rotatable bonds is 6. The zero-order valence-corrected chi connectivity index (χ0v) is 24.7. The van der Waals surface area contributed by atoms with Gasteiger partial charge in [0.05, 0.1) is 24.8 Å². The first-order valence-corrected chi connectivity index (χ1v) is 14.9. The molecule has 0 radical (unpaired) electrons. The van der Waals surface area contributed by atoms with E-state index < -0.39 is 0 Å². The summed E-state index contributed by atoms with van der Waals surface area (Å²) in [6, 6.07) is 7.29. The normalized spacial score (nSPS) is 22.9. The molecule has 6 rings (SSSR count). The van der Waals surface area contributed by atoms with Crippen molar-refractivity contribution in [1.82, 2.24) is 29.7 Å². The molecular formula is C31H40N8O4. The van der Waals surface area contributed by atoms with Crippen LogP contribution in [0, 0.1) is 11.3 Å². The summed E-state index contributed by atoms with van der Waals surface area (Å²) in [5, 5.41) is 30.6. The number of carbonyl (C=O) groups excluding carboxylic acids is 1. The van der Waals surface area contributed by atoms with Gasteiger partial charge in [-0.2, -0.15) is 10.2 Å². The van der Waals surface area contributed by atoms with Crippen LogP contribution in [0.25, 0.3) is 11.4 Å². The molecule has 1 unspecified atom stereocenters. The van der Waals surface area contributed by atoms with E-state index in [4.69, 9.17) is 15.1 Å². The summed E-state index contributed by atoms with van der Waals surface area (Å²) >= 11 is 0. The maximum absolute atomic E-state index is 10.8. The molecule has 1 atom stereocenters. The predicted molar refractivity (Wildman–Crippen MR) is 161 cm³/mol. The Kier molecular flexibility index (Phi) is 9.99. The van der Waals surface area contributed by atoms with Crippen LogP contribution in [0.2, 0.25) is 0 Å². The Balaban J connectivity index is 0.000000314. The van der Waals surface area contributed by atoms with Crippen LogP contribution in [-0.4, -0.2) is 116 Å². The van der Waals surface area contributed by atoms with Crippen molar-refractivity contribution >= 4 is 11.9 Å². The van der Waals surface area contributed by atoms with Gasteiger partial charge in [0.15, 0.2) is 5.82 Å². The second-order valence-electron chi connectivity index (χ2n) is 11.5. The number of benzene rings is 1. The summed E-state index contributed by atoms with van der Waals surface area (Å²) in [7, 11) is 0. The number of phenols is 1. The molecule has 4 aliphatic rings. The lowest BCUT2D eigenvalue weighted by Gasteiger charge is -2.48. The summed E-state index contributed by atoms with van der Waals surface area (Å²) in [4.78, 5) is 30.6. The van der Waals surface area contributed by atoms with Crippen molar-refractivity contribution in [3.05, 3.63) is 54.0 Å². The van der Waals surface area contributed by atoms with Crippen molar-refractivity contribution in [2.24, 2.45) is 0 Å². The number of aliphatic hydroxyl groups excluding tert-OH is 1. The van der Waals surface area contributed by atoms with E-state index in [9.17, 15) is 9.90 Å². The van der Waals surface area contributed by atoms with Crippen LogP contribution < -0.4 is 5.32 Å². The maximum atomic E-state index is 10.8. The van der Waals surface area contributed by atoms with Gasteiger partial charge in [-0.05, 0) is 56.9 Å². The number of carbonyl (C=O) groups is 1. The van der Waals surface area contributed by atoms with Crippen LogP contribution in [-0.2, 0) is 9.53 Å². The van der Waals surface area contributed by atoms with Gasteiger partial charge in [0.2, 0.25) is 11.9 Å². The van der Waals surface area contributed by atoms with Gasteiger partial charge in [-0.15, -0.1) is 0 Å². The number of nitriles is 1. The van der Waals surface area contributed by atoms with Crippen LogP contribution in [0.3, 0.4) is 0 Å². The minimum absolute atomic E-state index is 0.00260. The molecule has 228 valence electrons. The summed E-state index contributed by atoms with van der Waals surface area (Å²) in [5.41, 5.74) is 1.76. The molecular weight excluding hydrogens is 548 g/mol. The molecule has 3 aliphatic heterocycles. The largest absolute Gasteiger partial charge is 0.507 e. The monoisotopic (exact) mass is 588 g/mol. The number of nitrogens with zero attached hydrogens (tertiary/aromatic N) is 7. The van der Waals surface area contributed by atoms with E-state index >= 15 is 0 Å². The fraction of sp³-hybridized carbons (Fsp3) is 0.516. The van der Waals surface area contributed by atoms with Gasteiger partial charge in [0.25, 0.3) is 0 Å². The second-order valence-corrected chi connectivity index (χ2v) is 11.5. The smallest absolute Gasteiger partial charge is 0.248 e. The van der Waals surface area contributed by atoms with Gasteiger partial charge in [0, 0.05) is 56.1 Å². The number of ether oxygens (including phenoxy) is 1. The fourth-order valence-electron chi connectivity index (χ4n) is 5.71. The molecule has 0 saturated carbocycles. The molecule has 3 N–H and O–H groups in total. The quantitative estimate of drug-likeness (QED) is 0.455. The van der Waals surface area contributed by atoms with Gasteiger partial charge >= 0.3 is 0 Å². The average molecular weight is 589 g/mol. The van der Waals surface area contributed by atoms with Crippen LogP contribution in [0.1, 0.15) is 38.2 Å². The number of piperidine rings is 1. The van der Waals surface area contributed by atoms with Crippen molar-refractivity contribution in [1.29, 1.82) is 5.26 Å². The molecule has 0 spiro atoms. The first-order chi connectivity index (χ1) is 20.9. The number of nitrogens with one attached hydrogen (secondary N) is 1. The number of likely N-dealkylation sites (tertiary alicyclic amines) is 1. The first kappa shape index (κ1) is 30.6. The minimum Gasteiger partial charge on any atom is -0.507 e. The van der Waals surface area contributed by atoms with Crippen LogP contribution in [0.4, 0.5) is 5.95 Å². The van der Waals surface area contributed by atoms with Crippen LogP contribution in [0.5, 0.6) is 5.75 Å². The molecule has 2 aromatic rings. The summed E-state index contributed by atoms with van der Waals surface area (Å²) in [5.74, 6) is 0.679. The lowest BCUT2D eigenvalue weighted by molar-refractivity contribution is -0.135. The zero-order chi connectivity index (χ0) is 30.2. The Morgan fingerprint density at radius 2 is 1.91 bits per heavy atom. The molecule has 1 aromatic carbocycles. The Labute approximate surface area is 252 Å². The van der Waals surface area contributed by atoms with Crippen LogP contribution in [0.15, 0.2) is 48.5 Å². The highest BCUT2D eigenvalue weighted by Crippen LogP contribution is 2.30. The first-order valence-electron chi connectivity index (χ1n) is 14.9. The van der Waals surface area contributed by atoms with Crippen molar-refractivity contribution in [2.45, 2.75) is 44.2 Å². The Hall–Kier alpha value is -3.89. The number of hydrogen-bond donors (Lipinski definition) is 3. The standard InChI is InChI=1S/C24H27N7O2.C7H13NO2/c1-24(31-10-8-30(9-11-31)20-14-33-15-20)6-4-19(5-7-24)28-23-27-16-26-22(29-23)17-2-3-21(32)18(12-17)13-25;9-6-7(10)8-4-2-1-3-5-8/h2-6,12,16,20,32H,7-11,14-15H2,1H3,(H,26,27,28,29);9H,1-6H2. The number of aromatic nitrogens is 3. The Bertz CT molecular complexity index is 1370. The molecule has 1 aromatic heterocycles. The van der Waals surface area contributed by atoms with E-state index in [0.717, 1.165) is 77.4 Å². The third kappa shape index (κ3) is 7.55. The number of hydrogen-bond acceptors (Lipinski definition) is 11. The molecule has 43 heavy (non-hydrogen) atoms. The van der Waals surface area contributed by atoms with Gasteiger partial charge in [-0.3, -0.25) is 14.6 Å². The molecule has 4 heterocycles. The number of phenolic OH excluding ortho intramolecular Hbond substituents is 1. The number of allylic oxidation sites excluding steroid dienone is 1. The number of piperazine rings is 1. The number of amides is 1. The molecule has 3 saturated heterocycles. The molecule has 1 amide bonds. The lowest BCUT2D eigenvalue weighted by atomic mass is 9.89. The summed E-state index contributed by atoms with van der Waals surface area (Å²) in [6.07, 6.45) is 12.3. The van der Waals surface area contributed by atoms with Gasteiger partial charge < -0.3 is 25.2 Å². The maximum Gasteiger partial charge on any atom is 0.248 e. The lowest BCUT2D eigenvalue weighted by Crippen LogP contribution is -2.60. The van der Waals surface area contributed by atoms with E-state index in [1.807, 2.05) is 6.07 Å². The third-order valence-electron chi connectivity index (χ3n) is 8.58. The second kappa shape index (κ2) is 14.1. The fourth-order valence-corrected chi connectivity index (χ4v) is 5.71. The average Bonchev–Trinajstić information content (AvgIpc) is 3.02. The molecule has 0 bridgehead atoms. The highest BCUT2D eigenvalue weighted by Gasteiger charge is 2.35. The highest BCUT2D eigenvalue weighted by molar-refractivity contribution is 5.77. The molecule has 1 aliphatic carbocycles. The van der Waals surface area contributed by atoms with Gasteiger partial charge in [0.1, 0.15) is 24.8 Å². The van der Waals surface area contributed by atoms with E-state index in [-0.39, 0.29) is 29.4 Å². The minimum atomic E-state index is -0.333. The molecule has 3 fully saturated rings. The van der Waals surface area contributed by atoms with Gasteiger partial charge in [-0.1, -0.05) is 12.2 Å². The van der Waals surface area contributed by atoms with Gasteiger partial charge in [-0.25, -0.2) is 9.97 Å². The van der Waals surface area contributed by atoms with Crippen molar-refractivity contribution < 1.29 is 19.7 Å². The SMILES string of the molecule is CC1(N2CCN(C3COC3)CC2)C=CC(Nc2ncnc(-c3ccc(O)c(C#N)c3)n2)=CC1.O=C(CO)N1CCCCC1. The van der Waals surface area contributed by atoms with Crippen molar-refractivity contribution in [2.75, 3.05) is 64.4 Å². The van der Waals surface area contributed by atoms with Crippen molar-refractivity contribution in [3.63, 3.8) is 0 Å². The van der Waals surface area contributed by atoms with E-state index in [2.05, 4.69) is 55.2 Å². The third-order valence-corrected chi connectivity index (χ3v) is 8.58. The van der Waals surface area contributed by atoms with Crippen LogP contribution >= 0.6 is 0 Å². The zero-order valence-electron chi connectivity index (χ0n) is 24.7. The Morgan fingerprint density at radius 3 is 2.53 bits per heavy atom. The number of aromatic hydroxyl groups is 1. The molecule has 12 nitrogen and oxygen atoms in total. The topological polar surface area (TPSA) is 151 Å². The summed E-state index contributed by atoms with van der Waals surface area (Å²) < 4.78 is 5.34. The van der Waals surface area contributed by atoms with Crippen molar-refractivity contribution in [3.8, 4) is 23.2 Å². The van der Waals surface area contributed by atoms with E-state index in [1.54, 1.807) is 17.0 Å². The van der Waals surface area contributed by atoms with E-state index in [0.29, 0.717) is 23.4 Å². The Morgan fingerprint density at radius 1 is 1.14 bits per heavy atom. The highest BCUT2D eigenvalue weighted by atomic mass is 16.5. The number of anilines is 1. The molecule has 12 heteroatoms.